The molecule has 0 radical (unpaired) electrons. The second kappa shape index (κ2) is 13.2. The van der Waals surface area contributed by atoms with Gasteiger partial charge in [-0.15, -0.1) is 0 Å². The van der Waals surface area contributed by atoms with E-state index in [2.05, 4.69) is 10.3 Å². The van der Waals surface area contributed by atoms with E-state index < -0.39 is 29.7 Å². The fourth-order valence-electron chi connectivity index (χ4n) is 5.22. The van der Waals surface area contributed by atoms with Crippen molar-refractivity contribution < 1.29 is 28.8 Å². The van der Waals surface area contributed by atoms with Crippen molar-refractivity contribution in [2.75, 3.05) is 26.1 Å². The summed E-state index contributed by atoms with van der Waals surface area (Å²) >= 11 is 1.99. The number of anilines is 1. The zero-order valence-electron chi connectivity index (χ0n) is 23.9. The van der Waals surface area contributed by atoms with Crippen LogP contribution in [0.15, 0.2) is 89.9 Å². The molecule has 1 aromatic heterocycles. The molecule has 3 unspecified atom stereocenters. The van der Waals surface area contributed by atoms with Crippen LogP contribution >= 0.6 is 22.6 Å². The zero-order chi connectivity index (χ0) is 30.6. The summed E-state index contributed by atoms with van der Waals surface area (Å²) in [6, 6.07) is 25.1. The largest absolute Gasteiger partial charge is 0.497 e. The predicted octanol–water partition coefficient (Wildman–Crippen LogP) is 4.48. The Balaban J connectivity index is 1.50. The van der Waals surface area contributed by atoms with Crippen LogP contribution in [0.5, 0.6) is 11.5 Å². The van der Waals surface area contributed by atoms with E-state index in [1.807, 2.05) is 101 Å². The van der Waals surface area contributed by atoms with Crippen LogP contribution in [0.25, 0.3) is 0 Å². The molecule has 3 atom stereocenters. The van der Waals surface area contributed by atoms with Crippen molar-refractivity contribution >= 4 is 34.3 Å². The van der Waals surface area contributed by atoms with Crippen LogP contribution in [-0.2, 0) is 19.9 Å². The first-order chi connectivity index (χ1) is 20.7. The number of carbonyl (C=O) groups is 1. The van der Waals surface area contributed by atoms with Gasteiger partial charge in [0.2, 0.25) is 5.91 Å². The number of carbonyl (C=O) groups excluding carboxylic acids is 1. The van der Waals surface area contributed by atoms with Crippen LogP contribution in [0, 0.1) is 3.57 Å². The van der Waals surface area contributed by atoms with Gasteiger partial charge < -0.3 is 29.4 Å². The average Bonchev–Trinajstić information content (AvgIpc) is 3.39. The normalized spacial score (nSPS) is 18.3. The third kappa shape index (κ3) is 6.44. The van der Waals surface area contributed by atoms with Gasteiger partial charge in [0.15, 0.2) is 5.82 Å². The van der Waals surface area contributed by atoms with Crippen molar-refractivity contribution in [3.8, 4) is 11.5 Å². The van der Waals surface area contributed by atoms with E-state index in [-0.39, 0.29) is 24.8 Å². The van der Waals surface area contributed by atoms with E-state index in [1.165, 1.54) is 11.5 Å². The number of halogens is 1. The summed E-state index contributed by atoms with van der Waals surface area (Å²) in [5.41, 5.74) is 0.875. The van der Waals surface area contributed by atoms with Crippen LogP contribution in [-0.4, -0.2) is 53.6 Å². The number of benzene rings is 3. The third-order valence-corrected chi connectivity index (χ3v) is 8.14. The molecule has 2 N–H and O–H groups in total. The molecule has 1 saturated heterocycles. The van der Waals surface area contributed by atoms with Gasteiger partial charge in [-0.1, -0.05) is 54.6 Å². The van der Waals surface area contributed by atoms with Gasteiger partial charge in [-0.05, 0) is 63.5 Å². The molecule has 0 saturated carbocycles. The Morgan fingerprint density at radius 3 is 2.09 bits per heavy atom. The van der Waals surface area contributed by atoms with Crippen LogP contribution in [0.4, 0.5) is 5.82 Å². The highest BCUT2D eigenvalue weighted by Gasteiger charge is 2.42. The maximum atomic E-state index is 12.8. The molecule has 5 rings (SSSR count). The zero-order valence-corrected chi connectivity index (χ0v) is 26.1. The van der Waals surface area contributed by atoms with E-state index in [9.17, 15) is 14.7 Å². The minimum Gasteiger partial charge on any atom is -0.497 e. The number of methoxy groups -OCH3 is 2. The SMILES string of the molecule is COc1ccc(C(OCC2OC(n3cc(I)c(NC(C)=O)nc3=O)CC2O)(c2ccccc2)c2ccc(OC)cc2)cc1. The smallest absolute Gasteiger partial charge is 0.351 e. The minimum absolute atomic E-state index is 0.00780. The van der Waals surface area contributed by atoms with E-state index in [4.69, 9.17) is 18.9 Å². The molecule has 0 aliphatic carbocycles. The summed E-state index contributed by atoms with van der Waals surface area (Å²) in [4.78, 5) is 28.3. The summed E-state index contributed by atoms with van der Waals surface area (Å²) < 4.78 is 25.8. The molecule has 1 aliphatic rings. The molecule has 224 valence electrons. The van der Waals surface area contributed by atoms with Gasteiger partial charge in [-0.3, -0.25) is 9.36 Å². The minimum atomic E-state index is -1.09. The highest BCUT2D eigenvalue weighted by molar-refractivity contribution is 14.1. The van der Waals surface area contributed by atoms with Crippen molar-refractivity contribution in [2.45, 2.75) is 37.4 Å². The number of nitrogens with zero attached hydrogens (tertiary/aromatic N) is 2. The number of amides is 1. The van der Waals surface area contributed by atoms with Crippen molar-refractivity contribution in [1.29, 1.82) is 0 Å². The molecule has 0 bridgehead atoms. The maximum absolute atomic E-state index is 12.8. The predicted molar refractivity (Wildman–Crippen MR) is 168 cm³/mol. The molecule has 1 aliphatic heterocycles. The molecule has 10 nitrogen and oxygen atoms in total. The Kier molecular flexibility index (Phi) is 9.45. The van der Waals surface area contributed by atoms with Gasteiger partial charge in [-0.2, -0.15) is 4.98 Å². The number of hydrogen-bond donors (Lipinski definition) is 2. The number of hydrogen-bond acceptors (Lipinski definition) is 8. The van der Waals surface area contributed by atoms with E-state index in [1.54, 1.807) is 20.4 Å². The average molecular weight is 698 g/mol. The van der Waals surface area contributed by atoms with Gasteiger partial charge in [0.25, 0.3) is 0 Å². The van der Waals surface area contributed by atoms with E-state index in [0.717, 1.165) is 16.7 Å². The maximum Gasteiger partial charge on any atom is 0.351 e. The number of aromatic nitrogens is 2. The first kappa shape index (κ1) is 30.7. The van der Waals surface area contributed by atoms with Crippen molar-refractivity contribution in [1.82, 2.24) is 9.55 Å². The number of aliphatic hydroxyl groups is 1. The number of rotatable bonds is 10. The van der Waals surface area contributed by atoms with E-state index >= 15 is 0 Å². The molecular formula is C32H32IN3O7. The summed E-state index contributed by atoms with van der Waals surface area (Å²) in [7, 11) is 3.23. The quantitative estimate of drug-likeness (QED) is 0.184. The van der Waals surface area contributed by atoms with Crippen molar-refractivity contribution in [3.05, 3.63) is 116 Å². The summed E-state index contributed by atoms with van der Waals surface area (Å²) in [6.07, 6.45) is -0.704. The first-order valence-corrected chi connectivity index (χ1v) is 14.7. The fourth-order valence-corrected chi connectivity index (χ4v) is 5.78. The van der Waals surface area contributed by atoms with Gasteiger partial charge in [-0.25, -0.2) is 4.79 Å². The van der Waals surface area contributed by atoms with Gasteiger partial charge in [0, 0.05) is 19.5 Å². The molecule has 3 aromatic carbocycles. The van der Waals surface area contributed by atoms with Crippen LogP contribution in [0.3, 0.4) is 0 Å². The number of ether oxygens (including phenoxy) is 4. The highest BCUT2D eigenvalue weighted by atomic mass is 127. The topological polar surface area (TPSA) is 121 Å². The summed E-state index contributed by atoms with van der Waals surface area (Å²) in [5.74, 6) is 1.26. The Hall–Kier alpha value is -3.78. The van der Waals surface area contributed by atoms with Crippen LogP contribution in [0.2, 0.25) is 0 Å². The Morgan fingerprint density at radius 1 is 1.00 bits per heavy atom. The van der Waals surface area contributed by atoms with E-state index in [0.29, 0.717) is 15.1 Å². The van der Waals surface area contributed by atoms with Gasteiger partial charge in [0.05, 0.1) is 30.5 Å². The van der Waals surface area contributed by atoms with Crippen molar-refractivity contribution in [2.24, 2.45) is 0 Å². The third-order valence-electron chi connectivity index (χ3n) is 7.35. The second-order valence-corrected chi connectivity index (χ2v) is 11.2. The molecule has 4 aromatic rings. The lowest BCUT2D eigenvalue weighted by atomic mass is 9.80. The lowest BCUT2D eigenvalue weighted by molar-refractivity contribution is -0.114. The van der Waals surface area contributed by atoms with Gasteiger partial charge in [0.1, 0.15) is 29.4 Å². The Labute approximate surface area is 262 Å². The lowest BCUT2D eigenvalue weighted by Gasteiger charge is -2.37. The molecule has 0 spiro atoms. The fraction of sp³-hybridized carbons (Fsp3) is 0.281. The molecular weight excluding hydrogens is 665 g/mol. The molecule has 11 heteroatoms. The molecule has 43 heavy (non-hydrogen) atoms. The number of nitrogens with one attached hydrogen (secondary N) is 1. The van der Waals surface area contributed by atoms with Crippen LogP contribution in [0.1, 0.15) is 36.3 Å². The van der Waals surface area contributed by atoms with Gasteiger partial charge >= 0.3 is 5.69 Å². The summed E-state index contributed by atoms with van der Waals surface area (Å²) in [5, 5.41) is 13.6. The number of aliphatic hydroxyl groups excluding tert-OH is 1. The van der Waals surface area contributed by atoms with Crippen molar-refractivity contribution in [3.63, 3.8) is 0 Å². The summed E-state index contributed by atoms with van der Waals surface area (Å²) in [6.45, 7) is 1.35. The molecule has 1 amide bonds. The molecule has 1 fully saturated rings. The second-order valence-electron chi connectivity index (χ2n) is 10.1. The van der Waals surface area contributed by atoms with Crippen LogP contribution < -0.4 is 20.5 Å². The first-order valence-electron chi connectivity index (χ1n) is 13.6. The Morgan fingerprint density at radius 2 is 1.56 bits per heavy atom. The Bertz CT molecular complexity index is 1560. The monoisotopic (exact) mass is 697 g/mol. The highest BCUT2D eigenvalue weighted by Crippen LogP contribution is 2.42. The standard InChI is InChI=1S/C32H32IN3O7/c1-20(37)34-30-26(33)18-36(31(39)35-30)29-17-27(38)28(43-29)19-42-32(21-7-5-4-6-8-21,22-9-13-24(40-2)14-10-22)23-11-15-25(41-3)16-12-23/h4-16,18,27-29,38H,17,19H2,1-3H3,(H,34,35,37,39). The lowest BCUT2D eigenvalue weighted by Crippen LogP contribution is -2.38. The molecule has 2 heterocycles.